The maximum atomic E-state index is 4.66. The first-order valence-electron chi connectivity index (χ1n) is 5.87. The first-order chi connectivity index (χ1) is 7.31. The SMILES string of the molecule is CCCCc1nc(C)c2c(n1)CCNC2. The van der Waals surface area contributed by atoms with Gasteiger partial charge in [-0.1, -0.05) is 13.3 Å². The second-order valence-corrected chi connectivity index (χ2v) is 4.18. The number of rotatable bonds is 3. The minimum absolute atomic E-state index is 0.940. The third kappa shape index (κ3) is 2.34. The topological polar surface area (TPSA) is 37.8 Å². The lowest BCUT2D eigenvalue weighted by Crippen LogP contribution is -2.26. The van der Waals surface area contributed by atoms with E-state index in [1.54, 1.807) is 0 Å². The maximum absolute atomic E-state index is 4.66. The molecule has 3 nitrogen and oxygen atoms in total. The van der Waals surface area contributed by atoms with Crippen LogP contribution in [0.25, 0.3) is 0 Å². The minimum Gasteiger partial charge on any atom is -0.312 e. The fourth-order valence-corrected chi connectivity index (χ4v) is 2.02. The van der Waals surface area contributed by atoms with E-state index in [2.05, 4.69) is 29.1 Å². The third-order valence-corrected chi connectivity index (χ3v) is 2.94. The van der Waals surface area contributed by atoms with E-state index < -0.39 is 0 Å². The Morgan fingerprint density at radius 1 is 1.33 bits per heavy atom. The van der Waals surface area contributed by atoms with Gasteiger partial charge in [0.2, 0.25) is 0 Å². The molecule has 15 heavy (non-hydrogen) atoms. The molecule has 0 spiro atoms. The molecule has 1 aromatic heterocycles. The van der Waals surface area contributed by atoms with E-state index in [0.717, 1.165) is 31.8 Å². The van der Waals surface area contributed by atoms with Crippen molar-refractivity contribution in [2.24, 2.45) is 0 Å². The molecule has 3 heteroatoms. The number of hydrogen-bond donors (Lipinski definition) is 1. The number of unbranched alkanes of at least 4 members (excludes halogenated alkanes) is 1. The van der Waals surface area contributed by atoms with Crippen LogP contribution < -0.4 is 5.32 Å². The number of nitrogens with zero attached hydrogens (tertiary/aromatic N) is 2. The average molecular weight is 205 g/mol. The van der Waals surface area contributed by atoms with E-state index in [1.165, 1.54) is 29.8 Å². The highest BCUT2D eigenvalue weighted by atomic mass is 14.9. The lowest BCUT2D eigenvalue weighted by atomic mass is 10.1. The van der Waals surface area contributed by atoms with Gasteiger partial charge in [-0.3, -0.25) is 0 Å². The molecule has 0 atom stereocenters. The predicted molar refractivity (Wildman–Crippen MR) is 60.8 cm³/mol. The Hall–Kier alpha value is -0.960. The van der Waals surface area contributed by atoms with Gasteiger partial charge in [-0.2, -0.15) is 0 Å². The van der Waals surface area contributed by atoms with Crippen molar-refractivity contribution in [2.75, 3.05) is 6.54 Å². The normalized spacial score (nSPS) is 15.1. The molecule has 0 fully saturated rings. The Labute approximate surface area is 91.3 Å². The lowest BCUT2D eigenvalue weighted by Gasteiger charge is -2.18. The zero-order valence-corrected chi connectivity index (χ0v) is 9.64. The molecule has 1 N–H and O–H groups in total. The third-order valence-electron chi connectivity index (χ3n) is 2.94. The van der Waals surface area contributed by atoms with Crippen molar-refractivity contribution in [2.45, 2.75) is 46.1 Å². The molecule has 2 heterocycles. The Balaban J connectivity index is 2.24. The molecule has 0 saturated carbocycles. The largest absolute Gasteiger partial charge is 0.312 e. The molecule has 1 aliphatic rings. The fraction of sp³-hybridized carbons (Fsp3) is 0.667. The predicted octanol–water partition coefficient (Wildman–Crippen LogP) is 1.77. The van der Waals surface area contributed by atoms with Crippen LogP contribution in [0.4, 0.5) is 0 Å². The van der Waals surface area contributed by atoms with Crippen LogP contribution in [0.15, 0.2) is 0 Å². The van der Waals surface area contributed by atoms with Crippen molar-refractivity contribution in [3.05, 3.63) is 22.8 Å². The van der Waals surface area contributed by atoms with Crippen molar-refractivity contribution >= 4 is 0 Å². The summed E-state index contributed by atoms with van der Waals surface area (Å²) in [5, 5.41) is 3.36. The van der Waals surface area contributed by atoms with Gasteiger partial charge in [-0.25, -0.2) is 9.97 Å². The highest BCUT2D eigenvalue weighted by Gasteiger charge is 2.14. The van der Waals surface area contributed by atoms with Crippen molar-refractivity contribution < 1.29 is 0 Å². The van der Waals surface area contributed by atoms with Crippen molar-refractivity contribution in [3.63, 3.8) is 0 Å². The second-order valence-electron chi connectivity index (χ2n) is 4.18. The molecule has 82 valence electrons. The van der Waals surface area contributed by atoms with Crippen LogP contribution in [0.1, 0.15) is 42.5 Å². The van der Waals surface area contributed by atoms with Gasteiger partial charge in [-0.15, -0.1) is 0 Å². The van der Waals surface area contributed by atoms with Gasteiger partial charge < -0.3 is 5.32 Å². The monoisotopic (exact) mass is 205 g/mol. The van der Waals surface area contributed by atoms with E-state index >= 15 is 0 Å². The number of aromatic nitrogens is 2. The summed E-state index contributed by atoms with van der Waals surface area (Å²) in [4.78, 5) is 9.23. The van der Waals surface area contributed by atoms with Crippen molar-refractivity contribution in [1.29, 1.82) is 0 Å². The van der Waals surface area contributed by atoms with Crippen LogP contribution in [0.2, 0.25) is 0 Å². The van der Waals surface area contributed by atoms with Gasteiger partial charge in [0, 0.05) is 37.2 Å². The molecule has 1 aliphatic heterocycles. The molecular formula is C12H19N3. The molecule has 0 aromatic carbocycles. The molecule has 0 bridgehead atoms. The summed E-state index contributed by atoms with van der Waals surface area (Å²) in [5.74, 6) is 1.04. The Bertz CT molecular complexity index is 347. The summed E-state index contributed by atoms with van der Waals surface area (Å²) in [7, 11) is 0. The van der Waals surface area contributed by atoms with E-state index in [9.17, 15) is 0 Å². The first kappa shape index (κ1) is 10.6. The fourth-order valence-electron chi connectivity index (χ4n) is 2.02. The van der Waals surface area contributed by atoms with Crippen molar-refractivity contribution in [3.8, 4) is 0 Å². The number of hydrogen-bond acceptors (Lipinski definition) is 3. The molecule has 2 rings (SSSR count). The quantitative estimate of drug-likeness (QED) is 0.817. The zero-order chi connectivity index (χ0) is 10.7. The van der Waals surface area contributed by atoms with Crippen LogP contribution in [-0.2, 0) is 19.4 Å². The van der Waals surface area contributed by atoms with Crippen LogP contribution in [0.5, 0.6) is 0 Å². The summed E-state index contributed by atoms with van der Waals surface area (Å²) >= 11 is 0. The second kappa shape index (κ2) is 4.71. The van der Waals surface area contributed by atoms with Gasteiger partial charge in [0.15, 0.2) is 0 Å². The number of nitrogens with one attached hydrogen (secondary N) is 1. The van der Waals surface area contributed by atoms with Crippen LogP contribution in [0, 0.1) is 6.92 Å². The highest BCUT2D eigenvalue weighted by Crippen LogP contribution is 2.15. The number of aryl methyl sites for hydroxylation is 2. The van der Waals surface area contributed by atoms with Gasteiger partial charge in [-0.05, 0) is 13.3 Å². The lowest BCUT2D eigenvalue weighted by molar-refractivity contribution is 0.610. The van der Waals surface area contributed by atoms with Gasteiger partial charge >= 0.3 is 0 Å². The maximum Gasteiger partial charge on any atom is 0.128 e. The Morgan fingerprint density at radius 3 is 3.00 bits per heavy atom. The van der Waals surface area contributed by atoms with E-state index in [0.29, 0.717) is 0 Å². The zero-order valence-electron chi connectivity index (χ0n) is 9.64. The summed E-state index contributed by atoms with van der Waals surface area (Å²) in [6.45, 7) is 6.30. The average Bonchev–Trinajstić information content (AvgIpc) is 2.26. The first-order valence-corrected chi connectivity index (χ1v) is 5.87. The molecule has 1 aromatic rings. The molecule has 0 aliphatic carbocycles. The Morgan fingerprint density at radius 2 is 2.20 bits per heavy atom. The summed E-state index contributed by atoms with van der Waals surface area (Å²) in [6.07, 6.45) is 4.48. The van der Waals surface area contributed by atoms with E-state index in [4.69, 9.17) is 0 Å². The van der Waals surface area contributed by atoms with Crippen molar-refractivity contribution in [1.82, 2.24) is 15.3 Å². The number of fused-ring (bicyclic) bond motifs is 1. The molecular weight excluding hydrogens is 186 g/mol. The van der Waals surface area contributed by atoms with Crippen LogP contribution in [0.3, 0.4) is 0 Å². The van der Waals surface area contributed by atoms with Crippen LogP contribution in [-0.4, -0.2) is 16.5 Å². The summed E-state index contributed by atoms with van der Waals surface area (Å²) in [6, 6.07) is 0. The molecule has 0 radical (unpaired) electrons. The smallest absolute Gasteiger partial charge is 0.128 e. The molecule has 0 amide bonds. The standard InChI is InChI=1S/C12H19N3/c1-3-4-5-12-14-9(2)10-8-13-7-6-11(10)15-12/h13H,3-8H2,1-2H3. The van der Waals surface area contributed by atoms with Gasteiger partial charge in [0.25, 0.3) is 0 Å². The molecule has 0 saturated heterocycles. The molecule has 0 unspecified atom stereocenters. The highest BCUT2D eigenvalue weighted by molar-refractivity contribution is 5.27. The van der Waals surface area contributed by atoms with E-state index in [-0.39, 0.29) is 0 Å². The van der Waals surface area contributed by atoms with Gasteiger partial charge in [0.1, 0.15) is 5.82 Å². The van der Waals surface area contributed by atoms with E-state index in [1.807, 2.05) is 0 Å². The summed E-state index contributed by atoms with van der Waals surface area (Å²) < 4.78 is 0. The summed E-state index contributed by atoms with van der Waals surface area (Å²) in [5.41, 5.74) is 3.76. The van der Waals surface area contributed by atoms with Gasteiger partial charge in [0.05, 0.1) is 5.69 Å². The Kier molecular flexibility index (Phi) is 3.31. The van der Waals surface area contributed by atoms with Crippen LogP contribution >= 0.6 is 0 Å². The minimum atomic E-state index is 0.940.